The largest absolute Gasteiger partial charge is 0.467 e. The molecule has 2 aromatic heterocycles. The van der Waals surface area contributed by atoms with Gasteiger partial charge >= 0.3 is 0 Å². The van der Waals surface area contributed by atoms with Gasteiger partial charge in [0.15, 0.2) is 0 Å². The molecule has 4 aromatic rings. The predicted octanol–water partition coefficient (Wildman–Crippen LogP) is 4.93. The fourth-order valence-electron chi connectivity index (χ4n) is 3.20. The molecule has 1 N–H and O–H groups in total. The van der Waals surface area contributed by atoms with E-state index in [1.165, 1.54) is 10.9 Å². The first-order valence-corrected chi connectivity index (χ1v) is 8.74. The zero-order valence-electron chi connectivity index (χ0n) is 14.4. The minimum Gasteiger partial charge on any atom is -0.467 e. The third-order valence-electron chi connectivity index (χ3n) is 4.55. The lowest BCUT2D eigenvalue weighted by molar-refractivity contribution is -0.118. The van der Waals surface area contributed by atoms with E-state index in [-0.39, 0.29) is 5.91 Å². The Hall–Kier alpha value is -3.27. The molecule has 0 aliphatic heterocycles. The van der Waals surface area contributed by atoms with E-state index in [9.17, 15) is 4.79 Å². The number of carbonyl (C=O) groups is 1. The number of rotatable bonds is 6. The second-order valence-corrected chi connectivity index (χ2v) is 6.25. The van der Waals surface area contributed by atoms with E-state index in [1.54, 1.807) is 11.2 Å². The van der Waals surface area contributed by atoms with Gasteiger partial charge in [0.25, 0.3) is 0 Å². The number of aromatic nitrogens is 1. The van der Waals surface area contributed by atoms with Crippen molar-refractivity contribution in [3.63, 3.8) is 0 Å². The Balaban J connectivity index is 1.52. The van der Waals surface area contributed by atoms with Gasteiger partial charge in [0, 0.05) is 29.2 Å². The van der Waals surface area contributed by atoms with Crippen LogP contribution in [0, 0.1) is 0 Å². The summed E-state index contributed by atoms with van der Waals surface area (Å²) in [6.45, 7) is 0.434. The van der Waals surface area contributed by atoms with Crippen molar-refractivity contribution in [3.05, 3.63) is 90.5 Å². The van der Waals surface area contributed by atoms with Crippen LogP contribution >= 0.6 is 0 Å². The van der Waals surface area contributed by atoms with E-state index in [1.807, 2.05) is 66.9 Å². The molecule has 0 radical (unpaired) electrons. The molecule has 0 aliphatic rings. The number of nitrogens with zero attached hydrogens (tertiary/aromatic N) is 1. The van der Waals surface area contributed by atoms with Gasteiger partial charge in [-0.1, -0.05) is 36.4 Å². The number of carbonyl (C=O) groups excluding carboxylic acids is 1. The molecule has 130 valence electrons. The summed E-state index contributed by atoms with van der Waals surface area (Å²) >= 11 is 0. The van der Waals surface area contributed by atoms with Crippen LogP contribution in [0.5, 0.6) is 0 Å². The van der Waals surface area contributed by atoms with Crippen molar-refractivity contribution < 1.29 is 9.21 Å². The van der Waals surface area contributed by atoms with E-state index in [4.69, 9.17) is 4.42 Å². The maximum absolute atomic E-state index is 13.0. The van der Waals surface area contributed by atoms with Gasteiger partial charge in [-0.15, -0.1) is 0 Å². The molecule has 0 aliphatic carbocycles. The molecular weight excluding hydrogens is 324 g/mol. The maximum Gasteiger partial charge on any atom is 0.227 e. The molecule has 26 heavy (non-hydrogen) atoms. The van der Waals surface area contributed by atoms with Gasteiger partial charge in [0.1, 0.15) is 5.76 Å². The Morgan fingerprint density at radius 2 is 1.77 bits per heavy atom. The molecular formula is C22H20N2O2. The number of hydrogen-bond acceptors (Lipinski definition) is 2. The van der Waals surface area contributed by atoms with Crippen molar-refractivity contribution in [2.75, 3.05) is 4.90 Å². The van der Waals surface area contributed by atoms with Crippen molar-refractivity contribution in [1.82, 2.24) is 4.98 Å². The Bertz CT molecular complexity index is 987. The second-order valence-electron chi connectivity index (χ2n) is 6.25. The van der Waals surface area contributed by atoms with Crippen LogP contribution in [0.25, 0.3) is 10.9 Å². The standard InChI is InChI=1S/C22H20N2O2/c25-22(13-12-17-15-23-21-11-5-4-10-20(17)21)24(16-19-9-6-14-26-19)18-7-2-1-3-8-18/h1-11,14-15,23H,12-13,16H2. The van der Waals surface area contributed by atoms with Crippen LogP contribution in [-0.4, -0.2) is 10.9 Å². The van der Waals surface area contributed by atoms with Crippen molar-refractivity contribution in [2.24, 2.45) is 0 Å². The van der Waals surface area contributed by atoms with Crippen molar-refractivity contribution in [1.29, 1.82) is 0 Å². The Labute approximate surface area is 152 Å². The number of aromatic amines is 1. The van der Waals surface area contributed by atoms with Gasteiger partial charge in [0.2, 0.25) is 5.91 Å². The summed E-state index contributed by atoms with van der Waals surface area (Å²) in [5.74, 6) is 0.854. The summed E-state index contributed by atoms with van der Waals surface area (Å²) in [4.78, 5) is 18.0. The fraction of sp³-hybridized carbons (Fsp3) is 0.136. The highest BCUT2D eigenvalue weighted by atomic mass is 16.3. The van der Waals surface area contributed by atoms with Crippen LogP contribution in [-0.2, 0) is 17.8 Å². The van der Waals surface area contributed by atoms with Gasteiger partial charge in [0.05, 0.1) is 12.8 Å². The number of aryl methyl sites for hydroxylation is 1. The fourth-order valence-corrected chi connectivity index (χ4v) is 3.20. The first kappa shape index (κ1) is 16.2. The quantitative estimate of drug-likeness (QED) is 0.539. The molecule has 2 aromatic carbocycles. The second kappa shape index (κ2) is 7.31. The lowest BCUT2D eigenvalue weighted by atomic mass is 10.1. The van der Waals surface area contributed by atoms with Crippen LogP contribution in [0.1, 0.15) is 17.7 Å². The van der Waals surface area contributed by atoms with Crippen LogP contribution in [0.15, 0.2) is 83.6 Å². The number of fused-ring (bicyclic) bond motifs is 1. The molecule has 0 saturated carbocycles. The van der Waals surface area contributed by atoms with Crippen LogP contribution in [0.2, 0.25) is 0 Å². The van der Waals surface area contributed by atoms with Crippen molar-refractivity contribution >= 4 is 22.5 Å². The van der Waals surface area contributed by atoms with E-state index in [2.05, 4.69) is 11.1 Å². The van der Waals surface area contributed by atoms with E-state index < -0.39 is 0 Å². The Kier molecular flexibility index (Phi) is 4.56. The normalized spacial score (nSPS) is 10.9. The summed E-state index contributed by atoms with van der Waals surface area (Å²) in [5.41, 5.74) is 3.15. The third kappa shape index (κ3) is 3.40. The van der Waals surface area contributed by atoms with Crippen LogP contribution in [0.3, 0.4) is 0 Å². The number of nitrogens with one attached hydrogen (secondary N) is 1. The zero-order chi connectivity index (χ0) is 17.8. The number of H-pyrrole nitrogens is 1. The third-order valence-corrected chi connectivity index (χ3v) is 4.55. The molecule has 4 heteroatoms. The Morgan fingerprint density at radius 1 is 0.962 bits per heavy atom. The molecule has 0 bridgehead atoms. The smallest absolute Gasteiger partial charge is 0.227 e. The molecule has 0 unspecified atom stereocenters. The molecule has 0 fully saturated rings. The number of hydrogen-bond donors (Lipinski definition) is 1. The minimum atomic E-state index is 0.0814. The first-order valence-electron chi connectivity index (χ1n) is 8.74. The molecule has 1 amide bonds. The van der Waals surface area contributed by atoms with E-state index in [0.29, 0.717) is 19.4 Å². The highest BCUT2D eigenvalue weighted by Crippen LogP contribution is 2.22. The number of amides is 1. The summed E-state index contributed by atoms with van der Waals surface area (Å²) in [6, 6.07) is 21.6. The van der Waals surface area contributed by atoms with E-state index in [0.717, 1.165) is 17.0 Å². The molecule has 0 spiro atoms. The lowest BCUT2D eigenvalue weighted by Gasteiger charge is -2.22. The van der Waals surface area contributed by atoms with Gasteiger partial charge in [-0.2, -0.15) is 0 Å². The summed E-state index contributed by atoms with van der Waals surface area (Å²) in [6.07, 6.45) is 4.77. The van der Waals surface area contributed by atoms with Gasteiger partial charge < -0.3 is 14.3 Å². The summed E-state index contributed by atoms with van der Waals surface area (Å²) in [5, 5.41) is 1.18. The summed E-state index contributed by atoms with van der Waals surface area (Å²) in [7, 11) is 0. The van der Waals surface area contributed by atoms with Crippen LogP contribution in [0.4, 0.5) is 5.69 Å². The highest BCUT2D eigenvalue weighted by molar-refractivity contribution is 5.93. The Morgan fingerprint density at radius 3 is 2.58 bits per heavy atom. The van der Waals surface area contributed by atoms with Gasteiger partial charge in [-0.3, -0.25) is 4.79 Å². The molecule has 0 atom stereocenters. The number of benzene rings is 2. The van der Waals surface area contributed by atoms with Gasteiger partial charge in [-0.25, -0.2) is 0 Å². The average molecular weight is 344 g/mol. The highest BCUT2D eigenvalue weighted by Gasteiger charge is 2.18. The number of para-hydroxylation sites is 2. The zero-order valence-corrected chi connectivity index (χ0v) is 14.4. The monoisotopic (exact) mass is 344 g/mol. The van der Waals surface area contributed by atoms with Crippen LogP contribution < -0.4 is 4.90 Å². The molecule has 4 rings (SSSR count). The summed E-state index contributed by atoms with van der Waals surface area (Å²) < 4.78 is 5.44. The molecule has 0 saturated heterocycles. The minimum absolute atomic E-state index is 0.0814. The van der Waals surface area contributed by atoms with E-state index >= 15 is 0 Å². The topological polar surface area (TPSA) is 49.2 Å². The molecule has 4 nitrogen and oxygen atoms in total. The SMILES string of the molecule is O=C(CCc1c[nH]c2ccccc12)N(Cc1ccco1)c1ccccc1. The molecule has 2 heterocycles. The average Bonchev–Trinajstić information content (AvgIpc) is 3.35. The van der Waals surface area contributed by atoms with Crippen molar-refractivity contribution in [3.8, 4) is 0 Å². The number of anilines is 1. The first-order chi connectivity index (χ1) is 12.8. The maximum atomic E-state index is 13.0. The predicted molar refractivity (Wildman–Crippen MR) is 103 cm³/mol. The number of furan rings is 1. The lowest BCUT2D eigenvalue weighted by Crippen LogP contribution is -2.30. The van der Waals surface area contributed by atoms with Gasteiger partial charge in [-0.05, 0) is 42.3 Å². The van der Waals surface area contributed by atoms with Crippen molar-refractivity contribution in [2.45, 2.75) is 19.4 Å².